The van der Waals surface area contributed by atoms with E-state index in [1.54, 1.807) is 0 Å². The molecule has 116 valence electrons. The van der Waals surface area contributed by atoms with Gasteiger partial charge in [0.05, 0.1) is 18.8 Å². The van der Waals surface area contributed by atoms with Gasteiger partial charge in [0.15, 0.2) is 5.84 Å². The van der Waals surface area contributed by atoms with Crippen LogP contribution >= 0.6 is 0 Å². The number of ether oxygens (including phenoxy) is 2. The summed E-state index contributed by atoms with van der Waals surface area (Å²) in [5.74, 6) is -0.329. The number of benzene rings is 1. The number of alkyl halides is 3. The Hall–Kier alpha value is -1.96. The summed E-state index contributed by atoms with van der Waals surface area (Å²) in [5, 5.41) is 11.2. The van der Waals surface area contributed by atoms with Crippen LogP contribution in [0.15, 0.2) is 23.4 Å². The van der Waals surface area contributed by atoms with Crippen LogP contribution in [0.4, 0.5) is 13.2 Å². The minimum atomic E-state index is -4.62. The Morgan fingerprint density at radius 2 is 2.24 bits per heavy atom. The maximum absolute atomic E-state index is 13.0. The molecule has 1 aromatic rings. The van der Waals surface area contributed by atoms with Crippen LogP contribution in [0, 0.1) is 5.92 Å². The Kier molecular flexibility index (Phi) is 4.56. The Labute approximate surface area is 119 Å². The zero-order valence-corrected chi connectivity index (χ0v) is 11.1. The van der Waals surface area contributed by atoms with Gasteiger partial charge in [-0.15, -0.1) is 0 Å². The quantitative estimate of drug-likeness (QED) is 0.387. The molecule has 0 spiro atoms. The molecule has 1 aliphatic heterocycles. The molecular weight excluding hydrogens is 289 g/mol. The Morgan fingerprint density at radius 1 is 1.48 bits per heavy atom. The number of nitrogens with zero attached hydrogens (tertiary/aromatic N) is 1. The van der Waals surface area contributed by atoms with Gasteiger partial charge in [-0.25, -0.2) is 0 Å². The van der Waals surface area contributed by atoms with Crippen molar-refractivity contribution in [1.29, 1.82) is 0 Å². The van der Waals surface area contributed by atoms with Gasteiger partial charge in [0.2, 0.25) is 0 Å². The molecule has 1 aliphatic rings. The van der Waals surface area contributed by atoms with Crippen molar-refractivity contribution in [3.63, 3.8) is 0 Å². The lowest BCUT2D eigenvalue weighted by Gasteiger charge is -2.15. The summed E-state index contributed by atoms with van der Waals surface area (Å²) in [4.78, 5) is 0. The highest BCUT2D eigenvalue weighted by Gasteiger charge is 2.35. The number of hydrogen-bond donors (Lipinski definition) is 2. The van der Waals surface area contributed by atoms with Gasteiger partial charge in [0.1, 0.15) is 5.75 Å². The molecule has 0 radical (unpaired) electrons. The van der Waals surface area contributed by atoms with Crippen molar-refractivity contribution in [3.8, 4) is 5.75 Å². The third kappa shape index (κ3) is 3.78. The van der Waals surface area contributed by atoms with Crippen molar-refractivity contribution in [1.82, 2.24) is 0 Å². The lowest BCUT2D eigenvalue weighted by molar-refractivity contribution is -0.137. The molecule has 5 nitrogen and oxygen atoms in total. The SMILES string of the molecule is NC(=NO)c1ccc(OCC2CCOC2)cc1C(F)(F)F. The normalized spacial score (nSPS) is 19.8. The Bertz CT molecular complexity index is 526. The van der Waals surface area contributed by atoms with E-state index in [2.05, 4.69) is 5.16 Å². The molecule has 1 aromatic carbocycles. The predicted octanol–water partition coefficient (Wildman–Crippen LogP) is 2.22. The number of oxime groups is 1. The van der Waals surface area contributed by atoms with Crippen LogP contribution in [0.5, 0.6) is 5.75 Å². The largest absolute Gasteiger partial charge is 0.493 e. The minimum absolute atomic E-state index is 0.0868. The Morgan fingerprint density at radius 3 is 2.81 bits per heavy atom. The summed E-state index contributed by atoms with van der Waals surface area (Å²) in [6, 6.07) is 3.33. The number of halogens is 3. The molecule has 0 amide bonds. The number of rotatable bonds is 4. The monoisotopic (exact) mass is 304 g/mol. The molecule has 8 heteroatoms. The summed E-state index contributed by atoms with van der Waals surface area (Å²) in [5.41, 5.74) is 3.87. The van der Waals surface area contributed by atoms with E-state index in [0.717, 1.165) is 18.6 Å². The first kappa shape index (κ1) is 15.4. The highest BCUT2D eigenvalue weighted by Crippen LogP contribution is 2.34. The average molecular weight is 304 g/mol. The van der Waals surface area contributed by atoms with E-state index in [4.69, 9.17) is 20.4 Å². The highest BCUT2D eigenvalue weighted by molar-refractivity contribution is 5.98. The summed E-state index contributed by atoms with van der Waals surface area (Å²) < 4.78 is 49.5. The van der Waals surface area contributed by atoms with Gasteiger partial charge in [0, 0.05) is 18.1 Å². The van der Waals surface area contributed by atoms with Crippen LogP contribution in [0.25, 0.3) is 0 Å². The van der Waals surface area contributed by atoms with Gasteiger partial charge in [0.25, 0.3) is 0 Å². The molecule has 0 aliphatic carbocycles. The molecular formula is C13H15F3N2O3. The fourth-order valence-electron chi connectivity index (χ4n) is 2.05. The average Bonchev–Trinajstić information content (AvgIpc) is 2.96. The molecule has 0 saturated carbocycles. The van der Waals surface area contributed by atoms with Crippen molar-refractivity contribution in [2.45, 2.75) is 12.6 Å². The van der Waals surface area contributed by atoms with Crippen molar-refractivity contribution in [2.24, 2.45) is 16.8 Å². The number of hydrogen-bond acceptors (Lipinski definition) is 4. The molecule has 1 atom stereocenters. The summed E-state index contributed by atoms with van der Waals surface area (Å²) >= 11 is 0. The van der Waals surface area contributed by atoms with Crippen LogP contribution in [0.2, 0.25) is 0 Å². The van der Waals surface area contributed by atoms with Gasteiger partial charge in [-0.2, -0.15) is 13.2 Å². The van der Waals surface area contributed by atoms with Gasteiger partial charge >= 0.3 is 6.18 Å². The number of nitrogens with two attached hydrogens (primary N) is 1. The predicted molar refractivity (Wildman–Crippen MR) is 68.4 cm³/mol. The van der Waals surface area contributed by atoms with E-state index < -0.39 is 17.6 Å². The molecule has 0 aromatic heterocycles. The maximum atomic E-state index is 13.0. The second-order valence-electron chi connectivity index (χ2n) is 4.73. The maximum Gasteiger partial charge on any atom is 0.417 e. The van der Waals surface area contributed by atoms with E-state index in [1.165, 1.54) is 6.07 Å². The van der Waals surface area contributed by atoms with Gasteiger partial charge in [-0.3, -0.25) is 0 Å². The van der Waals surface area contributed by atoms with Crippen LogP contribution in [0.1, 0.15) is 17.5 Å². The third-order valence-corrected chi connectivity index (χ3v) is 3.19. The fraction of sp³-hybridized carbons (Fsp3) is 0.462. The zero-order chi connectivity index (χ0) is 15.5. The van der Waals surface area contributed by atoms with E-state index >= 15 is 0 Å². The molecule has 1 fully saturated rings. The van der Waals surface area contributed by atoms with Crippen molar-refractivity contribution >= 4 is 5.84 Å². The Balaban J connectivity index is 2.20. The summed E-state index contributed by atoms with van der Waals surface area (Å²) in [7, 11) is 0. The van der Waals surface area contributed by atoms with Crippen LogP contribution in [-0.4, -0.2) is 30.9 Å². The van der Waals surface area contributed by atoms with E-state index in [1.807, 2.05) is 0 Å². The van der Waals surface area contributed by atoms with E-state index in [0.29, 0.717) is 19.8 Å². The molecule has 2 rings (SSSR count). The van der Waals surface area contributed by atoms with Crippen molar-refractivity contribution in [2.75, 3.05) is 19.8 Å². The minimum Gasteiger partial charge on any atom is -0.493 e. The molecule has 21 heavy (non-hydrogen) atoms. The van der Waals surface area contributed by atoms with Crippen molar-refractivity contribution < 1.29 is 27.9 Å². The van der Waals surface area contributed by atoms with Gasteiger partial charge < -0.3 is 20.4 Å². The topological polar surface area (TPSA) is 77.1 Å². The van der Waals surface area contributed by atoms with Crippen LogP contribution in [-0.2, 0) is 10.9 Å². The fourth-order valence-corrected chi connectivity index (χ4v) is 2.05. The summed E-state index contributed by atoms with van der Waals surface area (Å²) in [6.45, 7) is 1.48. The van der Waals surface area contributed by atoms with Gasteiger partial charge in [-0.1, -0.05) is 5.16 Å². The smallest absolute Gasteiger partial charge is 0.417 e. The summed E-state index contributed by atoms with van der Waals surface area (Å²) in [6.07, 6.45) is -3.80. The first-order valence-corrected chi connectivity index (χ1v) is 6.31. The standard InChI is InChI=1S/C13H15F3N2O3/c14-13(15,16)11-5-9(1-2-10(11)12(17)18-19)21-7-8-3-4-20-6-8/h1-2,5,8,19H,3-4,6-7H2,(H2,17,18). The zero-order valence-electron chi connectivity index (χ0n) is 11.1. The first-order chi connectivity index (χ1) is 9.91. The van der Waals surface area contributed by atoms with Crippen molar-refractivity contribution in [3.05, 3.63) is 29.3 Å². The molecule has 1 unspecified atom stereocenters. The lowest BCUT2D eigenvalue weighted by atomic mass is 10.1. The van der Waals surface area contributed by atoms with Crippen LogP contribution < -0.4 is 10.5 Å². The molecule has 3 N–H and O–H groups in total. The third-order valence-electron chi connectivity index (χ3n) is 3.19. The molecule has 0 bridgehead atoms. The van der Waals surface area contributed by atoms with E-state index in [-0.39, 0.29) is 17.2 Å². The molecule has 1 heterocycles. The van der Waals surface area contributed by atoms with Gasteiger partial charge in [-0.05, 0) is 24.6 Å². The second-order valence-corrected chi connectivity index (χ2v) is 4.73. The first-order valence-electron chi connectivity index (χ1n) is 6.31. The molecule has 1 saturated heterocycles. The number of amidine groups is 1. The highest BCUT2D eigenvalue weighted by atomic mass is 19.4. The van der Waals surface area contributed by atoms with Crippen LogP contribution in [0.3, 0.4) is 0 Å². The van der Waals surface area contributed by atoms with E-state index in [9.17, 15) is 13.2 Å². The lowest BCUT2D eigenvalue weighted by Crippen LogP contribution is -2.20. The second kappa shape index (κ2) is 6.21.